The number of halogens is 1. The lowest BCUT2D eigenvalue weighted by Gasteiger charge is -2.21. The van der Waals surface area contributed by atoms with E-state index in [1.54, 1.807) is 11.3 Å². The number of carbonyl (C=O) groups excluding carboxylic acids is 1. The van der Waals surface area contributed by atoms with Crippen molar-refractivity contribution in [3.63, 3.8) is 0 Å². The lowest BCUT2D eigenvalue weighted by Crippen LogP contribution is -2.23. The van der Waals surface area contributed by atoms with Crippen LogP contribution in [-0.4, -0.2) is 31.9 Å². The molecule has 1 saturated heterocycles. The molecule has 3 heterocycles. The first kappa shape index (κ1) is 20.3. The zero-order chi connectivity index (χ0) is 17.9. The maximum Gasteiger partial charge on any atom is 0.315 e. The molecular formula is C20H22ClNO3S2. The summed E-state index contributed by atoms with van der Waals surface area (Å²) in [6.45, 7) is 2.65. The summed E-state index contributed by atoms with van der Waals surface area (Å²) in [5, 5.41) is 5.59. The van der Waals surface area contributed by atoms with Gasteiger partial charge in [-0.1, -0.05) is 5.57 Å². The van der Waals surface area contributed by atoms with Crippen molar-refractivity contribution in [2.24, 2.45) is 0 Å². The molecule has 4 nitrogen and oxygen atoms in total. The molecule has 144 valence electrons. The van der Waals surface area contributed by atoms with Gasteiger partial charge in [-0.3, -0.25) is 4.79 Å². The predicted octanol–water partition coefficient (Wildman–Crippen LogP) is 4.51. The number of thioether (sulfide) groups is 1. The van der Waals surface area contributed by atoms with Gasteiger partial charge in [0.15, 0.2) is 0 Å². The molecule has 4 rings (SSSR count). The Balaban J connectivity index is 0.00000210. The lowest BCUT2D eigenvalue weighted by atomic mass is 9.91. The van der Waals surface area contributed by atoms with Crippen molar-refractivity contribution < 1.29 is 14.3 Å². The number of benzene rings is 1. The van der Waals surface area contributed by atoms with E-state index in [2.05, 4.69) is 22.8 Å². The first-order valence-electron chi connectivity index (χ1n) is 8.72. The second kappa shape index (κ2) is 9.15. The number of esters is 1. The van der Waals surface area contributed by atoms with Gasteiger partial charge >= 0.3 is 5.97 Å². The van der Waals surface area contributed by atoms with E-state index in [0.29, 0.717) is 12.4 Å². The lowest BCUT2D eigenvalue weighted by molar-refractivity contribution is -0.137. The largest absolute Gasteiger partial charge is 0.488 e. The van der Waals surface area contributed by atoms with Crippen molar-refractivity contribution in [1.29, 1.82) is 0 Å². The molecule has 2 aliphatic heterocycles. The van der Waals surface area contributed by atoms with Gasteiger partial charge in [-0.25, -0.2) is 0 Å². The zero-order valence-corrected chi connectivity index (χ0v) is 17.5. The summed E-state index contributed by atoms with van der Waals surface area (Å²) in [6.07, 6.45) is 2.12. The van der Waals surface area contributed by atoms with E-state index in [1.165, 1.54) is 40.5 Å². The molecule has 0 atom stereocenters. The van der Waals surface area contributed by atoms with E-state index in [1.807, 2.05) is 12.1 Å². The Morgan fingerprint density at radius 1 is 1.30 bits per heavy atom. The molecule has 1 N–H and O–H groups in total. The van der Waals surface area contributed by atoms with Crippen LogP contribution in [-0.2, 0) is 16.1 Å². The van der Waals surface area contributed by atoms with Gasteiger partial charge in [0, 0.05) is 26.5 Å². The van der Waals surface area contributed by atoms with Crippen LogP contribution in [0, 0.1) is 0 Å². The van der Waals surface area contributed by atoms with Gasteiger partial charge < -0.3 is 14.8 Å². The van der Waals surface area contributed by atoms with Gasteiger partial charge in [0.2, 0.25) is 0 Å². The highest BCUT2D eigenvalue weighted by Crippen LogP contribution is 2.43. The molecule has 2 aliphatic rings. The third-order valence-electron chi connectivity index (χ3n) is 4.72. The van der Waals surface area contributed by atoms with Crippen LogP contribution >= 0.6 is 35.5 Å². The van der Waals surface area contributed by atoms with Gasteiger partial charge in [0.05, 0.1) is 12.9 Å². The van der Waals surface area contributed by atoms with Gasteiger partial charge in [-0.2, -0.15) is 0 Å². The minimum Gasteiger partial charge on any atom is -0.488 e. The molecule has 7 heteroatoms. The van der Waals surface area contributed by atoms with Crippen LogP contribution in [0.5, 0.6) is 5.75 Å². The predicted molar refractivity (Wildman–Crippen MR) is 113 cm³/mol. The Kier molecular flexibility index (Phi) is 6.87. The molecule has 0 unspecified atom stereocenters. The second-order valence-electron chi connectivity index (χ2n) is 6.31. The molecule has 1 aromatic carbocycles. The fourth-order valence-electron chi connectivity index (χ4n) is 3.40. The number of ether oxygens (including phenoxy) is 2. The molecule has 1 aromatic heterocycles. The number of thiophene rings is 1. The first-order valence-corrected chi connectivity index (χ1v) is 10.6. The molecule has 1 fully saturated rings. The van der Waals surface area contributed by atoms with Crippen LogP contribution in [0.25, 0.3) is 5.57 Å². The van der Waals surface area contributed by atoms with E-state index in [0.717, 1.165) is 42.1 Å². The Labute approximate surface area is 173 Å². The number of rotatable bonds is 3. The van der Waals surface area contributed by atoms with Gasteiger partial charge in [-0.15, -0.1) is 35.5 Å². The highest BCUT2D eigenvalue weighted by molar-refractivity contribution is 8.00. The smallest absolute Gasteiger partial charge is 0.315 e. The van der Waals surface area contributed by atoms with E-state index in [9.17, 15) is 4.79 Å². The highest BCUT2D eigenvalue weighted by Gasteiger charge is 2.24. The second-order valence-corrected chi connectivity index (χ2v) is 8.28. The van der Waals surface area contributed by atoms with Crippen LogP contribution in [0.2, 0.25) is 0 Å². The van der Waals surface area contributed by atoms with E-state index >= 15 is 0 Å². The molecule has 0 spiro atoms. The van der Waals surface area contributed by atoms with E-state index in [4.69, 9.17) is 9.47 Å². The Hall–Kier alpha value is -1.47. The summed E-state index contributed by atoms with van der Waals surface area (Å²) in [7, 11) is 1.42. The molecule has 0 amide bonds. The van der Waals surface area contributed by atoms with Crippen molar-refractivity contribution >= 4 is 47.0 Å². The Morgan fingerprint density at radius 2 is 2.11 bits per heavy atom. The number of hydrogen-bond acceptors (Lipinski definition) is 6. The summed E-state index contributed by atoms with van der Waals surface area (Å²) in [6, 6.07) is 8.40. The Bertz CT molecular complexity index is 855. The molecule has 27 heavy (non-hydrogen) atoms. The highest BCUT2D eigenvalue weighted by atomic mass is 35.5. The SMILES string of the molecule is COC(=O)CSc1ccc2c(c1)C(=C1CCNCC1)c1sccc1CO2.Cl. The molecule has 0 radical (unpaired) electrons. The molecule has 0 aliphatic carbocycles. The van der Waals surface area contributed by atoms with Crippen LogP contribution < -0.4 is 10.1 Å². The Morgan fingerprint density at radius 3 is 2.89 bits per heavy atom. The van der Waals surface area contributed by atoms with Crippen molar-refractivity contribution in [2.75, 3.05) is 26.0 Å². The third-order valence-corrected chi connectivity index (χ3v) is 6.66. The fourth-order valence-corrected chi connectivity index (χ4v) is 5.18. The average Bonchev–Trinajstić information content (AvgIpc) is 3.08. The van der Waals surface area contributed by atoms with E-state index < -0.39 is 0 Å². The van der Waals surface area contributed by atoms with Crippen molar-refractivity contribution in [3.05, 3.63) is 51.2 Å². The summed E-state index contributed by atoms with van der Waals surface area (Å²) >= 11 is 3.30. The number of fused-ring (bicyclic) bond motifs is 2. The summed E-state index contributed by atoms with van der Waals surface area (Å²) < 4.78 is 10.9. The van der Waals surface area contributed by atoms with Gasteiger partial charge in [-0.05, 0) is 55.6 Å². The number of nitrogens with one attached hydrogen (secondary N) is 1. The third kappa shape index (κ3) is 4.35. The van der Waals surface area contributed by atoms with Gasteiger partial charge in [0.1, 0.15) is 12.4 Å². The zero-order valence-electron chi connectivity index (χ0n) is 15.1. The van der Waals surface area contributed by atoms with Crippen LogP contribution in [0.3, 0.4) is 0 Å². The van der Waals surface area contributed by atoms with Crippen molar-refractivity contribution in [3.8, 4) is 5.75 Å². The number of carbonyl (C=O) groups is 1. The molecule has 0 bridgehead atoms. The van der Waals surface area contributed by atoms with E-state index in [-0.39, 0.29) is 18.4 Å². The minimum atomic E-state index is -0.210. The maximum atomic E-state index is 11.5. The summed E-state index contributed by atoms with van der Waals surface area (Å²) in [5.74, 6) is 1.03. The molecule has 0 saturated carbocycles. The van der Waals surface area contributed by atoms with Gasteiger partial charge in [0.25, 0.3) is 0 Å². The topological polar surface area (TPSA) is 47.6 Å². The fraction of sp³-hybridized carbons (Fsp3) is 0.350. The quantitative estimate of drug-likeness (QED) is 0.581. The number of piperidine rings is 1. The number of methoxy groups -OCH3 is 1. The normalized spacial score (nSPS) is 15.7. The van der Waals surface area contributed by atoms with Crippen LogP contribution in [0.1, 0.15) is 28.8 Å². The van der Waals surface area contributed by atoms with Crippen LogP contribution in [0.15, 0.2) is 40.1 Å². The summed E-state index contributed by atoms with van der Waals surface area (Å²) in [5.41, 5.74) is 5.24. The molecular weight excluding hydrogens is 402 g/mol. The first-order chi connectivity index (χ1) is 12.8. The molecule has 2 aromatic rings. The van der Waals surface area contributed by atoms with Crippen molar-refractivity contribution in [2.45, 2.75) is 24.3 Å². The minimum absolute atomic E-state index is 0. The van der Waals surface area contributed by atoms with Crippen molar-refractivity contribution in [1.82, 2.24) is 5.32 Å². The maximum absolute atomic E-state index is 11.5. The number of hydrogen-bond donors (Lipinski definition) is 1. The van der Waals surface area contributed by atoms with Crippen LogP contribution in [0.4, 0.5) is 0 Å². The average molecular weight is 424 g/mol. The summed E-state index contributed by atoms with van der Waals surface area (Å²) in [4.78, 5) is 13.9. The monoisotopic (exact) mass is 423 g/mol. The standard InChI is InChI=1S/C20H21NO3S2.ClH/c1-23-18(22)12-26-15-2-3-17-16(10-15)19(13-4-7-21-8-5-13)20-14(11-24-17)6-9-25-20;/h2-3,6,9-10,21H,4-5,7-8,11-12H2,1H3;1H.